The number of ether oxygens (including phenoxy) is 1. The van der Waals surface area contributed by atoms with Gasteiger partial charge in [0.1, 0.15) is 0 Å². The van der Waals surface area contributed by atoms with Crippen molar-refractivity contribution in [2.45, 2.75) is 12.8 Å². The average Bonchev–Trinajstić information content (AvgIpc) is 3.33. The van der Waals surface area contributed by atoms with Crippen LogP contribution < -0.4 is 0 Å². The van der Waals surface area contributed by atoms with E-state index in [9.17, 15) is 4.79 Å². The number of carbonyl (C=O) groups excluding carboxylic acids is 1. The van der Waals surface area contributed by atoms with Crippen molar-refractivity contribution in [3.05, 3.63) is 166 Å². The minimum atomic E-state index is -0.312. The minimum Gasteiger partial charge on any atom is -0.462 e. The van der Waals surface area contributed by atoms with Crippen LogP contribution in [0.3, 0.4) is 0 Å². The lowest BCUT2D eigenvalue weighted by atomic mass is 9.85. The first kappa shape index (κ1) is 25.0. The van der Waals surface area contributed by atoms with Crippen LogP contribution in [-0.4, -0.2) is 12.6 Å². The van der Waals surface area contributed by atoms with Crippen LogP contribution in [0.5, 0.6) is 0 Å². The van der Waals surface area contributed by atoms with Gasteiger partial charge in [0.15, 0.2) is 0 Å². The van der Waals surface area contributed by atoms with Crippen molar-refractivity contribution in [3.63, 3.8) is 0 Å². The average molecular weight is 515 g/mol. The lowest BCUT2D eigenvalue weighted by Gasteiger charge is -2.18. The van der Waals surface area contributed by atoms with Gasteiger partial charge in [-0.3, -0.25) is 0 Å². The Morgan fingerprint density at radius 2 is 1.05 bits per heavy atom. The smallest absolute Gasteiger partial charge is 0.338 e. The van der Waals surface area contributed by atoms with Crippen molar-refractivity contribution < 1.29 is 9.53 Å². The van der Waals surface area contributed by atoms with Crippen LogP contribution in [0.2, 0.25) is 0 Å². The highest BCUT2D eigenvalue weighted by Crippen LogP contribution is 2.49. The molecule has 0 atom stereocenters. The molecule has 1 aliphatic rings. The molecular weight excluding hydrogens is 488 g/mol. The maximum Gasteiger partial charge on any atom is 0.338 e. The molecule has 0 bridgehead atoms. The molecule has 2 nitrogen and oxygen atoms in total. The van der Waals surface area contributed by atoms with Crippen LogP contribution in [0.25, 0.3) is 11.1 Å². The number of carbonyl (C=O) groups is 1. The van der Waals surface area contributed by atoms with E-state index < -0.39 is 0 Å². The molecule has 0 fully saturated rings. The van der Waals surface area contributed by atoms with E-state index in [1.165, 1.54) is 0 Å². The molecule has 0 unspecified atom stereocenters. The SMILES string of the molecule is CCOC(=O)c1ccccc1C1c2cc(C#Cc3ccccc3)ccc2-c2ccc(C#Cc3ccccc3)cc21. The van der Waals surface area contributed by atoms with Crippen molar-refractivity contribution in [2.75, 3.05) is 6.61 Å². The molecule has 6 rings (SSSR count). The number of rotatable bonds is 3. The van der Waals surface area contributed by atoms with Gasteiger partial charge < -0.3 is 4.74 Å². The molecular formula is C38H26O2. The Labute approximate surface area is 235 Å². The molecule has 2 heteroatoms. The quantitative estimate of drug-likeness (QED) is 0.178. The third-order valence-electron chi connectivity index (χ3n) is 7.03. The lowest BCUT2D eigenvalue weighted by Crippen LogP contribution is -2.11. The highest BCUT2D eigenvalue weighted by Gasteiger charge is 2.33. The van der Waals surface area contributed by atoms with Gasteiger partial charge in [0.25, 0.3) is 0 Å². The fourth-order valence-electron chi connectivity index (χ4n) is 5.23. The van der Waals surface area contributed by atoms with Crippen molar-refractivity contribution in [1.82, 2.24) is 0 Å². The van der Waals surface area contributed by atoms with Crippen LogP contribution in [0.4, 0.5) is 0 Å². The van der Waals surface area contributed by atoms with Crippen LogP contribution in [-0.2, 0) is 4.74 Å². The van der Waals surface area contributed by atoms with E-state index in [2.05, 4.69) is 60.1 Å². The maximum atomic E-state index is 13.0. The summed E-state index contributed by atoms with van der Waals surface area (Å²) >= 11 is 0. The minimum absolute atomic E-state index is 0.150. The monoisotopic (exact) mass is 514 g/mol. The summed E-state index contributed by atoms with van der Waals surface area (Å²) in [6, 6.07) is 40.5. The molecule has 0 amide bonds. The third kappa shape index (κ3) is 5.04. The molecule has 1 aliphatic carbocycles. The lowest BCUT2D eigenvalue weighted by molar-refractivity contribution is 0.0525. The molecule has 0 heterocycles. The summed E-state index contributed by atoms with van der Waals surface area (Å²) in [6.45, 7) is 2.15. The molecule has 0 saturated carbocycles. The second kappa shape index (κ2) is 11.2. The van der Waals surface area contributed by atoms with Crippen LogP contribution >= 0.6 is 0 Å². The molecule has 0 aliphatic heterocycles. The Hall–Kier alpha value is -5.31. The summed E-state index contributed by atoms with van der Waals surface area (Å²) in [4.78, 5) is 13.0. The van der Waals surface area contributed by atoms with E-state index in [-0.39, 0.29) is 11.9 Å². The molecule has 0 radical (unpaired) electrons. The first-order chi connectivity index (χ1) is 19.7. The van der Waals surface area contributed by atoms with Crippen LogP contribution in [0.15, 0.2) is 121 Å². The van der Waals surface area contributed by atoms with Crippen molar-refractivity contribution in [2.24, 2.45) is 0 Å². The van der Waals surface area contributed by atoms with Crippen molar-refractivity contribution >= 4 is 5.97 Å². The van der Waals surface area contributed by atoms with Gasteiger partial charge in [-0.05, 0) is 89.3 Å². The summed E-state index contributed by atoms with van der Waals surface area (Å²) in [6.07, 6.45) is 0. The predicted molar refractivity (Wildman–Crippen MR) is 160 cm³/mol. The van der Waals surface area contributed by atoms with Gasteiger partial charge in [0, 0.05) is 28.2 Å². The summed E-state index contributed by atoms with van der Waals surface area (Å²) < 4.78 is 5.44. The first-order valence-corrected chi connectivity index (χ1v) is 13.4. The summed E-state index contributed by atoms with van der Waals surface area (Å²) in [5.74, 6) is 12.8. The van der Waals surface area contributed by atoms with E-state index >= 15 is 0 Å². The largest absolute Gasteiger partial charge is 0.462 e. The van der Waals surface area contributed by atoms with Gasteiger partial charge in [-0.25, -0.2) is 4.79 Å². The molecule has 0 spiro atoms. The Morgan fingerprint density at radius 1 is 0.575 bits per heavy atom. The molecule has 0 N–H and O–H groups in total. The Kier molecular flexibility index (Phi) is 7.00. The number of esters is 1. The second-order valence-corrected chi connectivity index (χ2v) is 9.58. The van der Waals surface area contributed by atoms with E-state index in [0.717, 1.165) is 50.1 Å². The van der Waals surface area contributed by atoms with E-state index in [1.807, 2.05) is 91.9 Å². The number of benzene rings is 5. The Morgan fingerprint density at radius 3 is 1.57 bits per heavy atom. The van der Waals surface area contributed by atoms with Crippen LogP contribution in [0, 0.1) is 23.7 Å². The highest BCUT2D eigenvalue weighted by atomic mass is 16.5. The molecule has 5 aromatic rings. The van der Waals surface area contributed by atoms with Gasteiger partial charge >= 0.3 is 5.97 Å². The highest BCUT2D eigenvalue weighted by molar-refractivity contribution is 5.93. The van der Waals surface area contributed by atoms with Gasteiger partial charge in [-0.2, -0.15) is 0 Å². The summed E-state index contributed by atoms with van der Waals surface area (Å²) in [7, 11) is 0. The number of hydrogen-bond acceptors (Lipinski definition) is 2. The Balaban J connectivity index is 1.49. The second-order valence-electron chi connectivity index (χ2n) is 9.58. The topological polar surface area (TPSA) is 26.3 Å². The number of fused-ring (bicyclic) bond motifs is 3. The first-order valence-electron chi connectivity index (χ1n) is 13.4. The van der Waals surface area contributed by atoms with Crippen molar-refractivity contribution in [3.8, 4) is 34.8 Å². The number of hydrogen-bond donors (Lipinski definition) is 0. The zero-order valence-corrected chi connectivity index (χ0v) is 22.1. The van der Waals surface area contributed by atoms with Crippen LogP contribution in [0.1, 0.15) is 62.1 Å². The third-order valence-corrected chi connectivity index (χ3v) is 7.03. The fraction of sp³-hybridized carbons (Fsp3) is 0.0789. The standard InChI is InChI=1S/C38H26O2/c1-2-40-38(39)34-16-10-9-15-33(34)37-35-25-29(19-17-27-11-5-3-6-12-27)21-23-31(35)32-24-22-30(26-36(32)37)20-18-28-13-7-4-8-14-28/h3-16,21-26,37H,2H2,1H3. The molecule has 0 saturated heterocycles. The molecule has 40 heavy (non-hydrogen) atoms. The summed E-state index contributed by atoms with van der Waals surface area (Å²) in [5, 5.41) is 0. The van der Waals surface area contributed by atoms with Gasteiger partial charge in [-0.15, -0.1) is 0 Å². The van der Waals surface area contributed by atoms with Gasteiger partial charge in [-0.1, -0.05) is 90.4 Å². The zero-order valence-electron chi connectivity index (χ0n) is 22.1. The van der Waals surface area contributed by atoms with E-state index in [0.29, 0.717) is 12.2 Å². The zero-order chi connectivity index (χ0) is 27.3. The Bertz CT molecular complexity index is 1720. The molecule has 0 aromatic heterocycles. The van der Waals surface area contributed by atoms with Crippen molar-refractivity contribution in [1.29, 1.82) is 0 Å². The summed E-state index contributed by atoms with van der Waals surface area (Å²) in [5.41, 5.74) is 9.83. The molecule has 5 aromatic carbocycles. The molecule has 190 valence electrons. The van der Waals surface area contributed by atoms with Gasteiger partial charge in [0.05, 0.1) is 12.2 Å². The van der Waals surface area contributed by atoms with Gasteiger partial charge in [0.2, 0.25) is 0 Å². The normalized spacial score (nSPS) is 11.3. The fourth-order valence-corrected chi connectivity index (χ4v) is 5.23. The predicted octanol–water partition coefficient (Wildman–Crippen LogP) is 7.82. The van der Waals surface area contributed by atoms with E-state index in [1.54, 1.807) is 0 Å². The van der Waals surface area contributed by atoms with E-state index in [4.69, 9.17) is 4.74 Å². The maximum absolute atomic E-state index is 13.0.